The molecule has 0 unspecified atom stereocenters. The molecule has 0 heterocycles. The maximum atomic E-state index is 11.3. The van der Waals surface area contributed by atoms with E-state index in [4.69, 9.17) is 4.74 Å². The molecule has 0 rings (SSSR count). The van der Waals surface area contributed by atoms with Gasteiger partial charge in [0.1, 0.15) is 0 Å². The van der Waals surface area contributed by atoms with E-state index in [1.54, 1.807) is 26.8 Å². The van der Waals surface area contributed by atoms with Gasteiger partial charge in [-0.1, -0.05) is 6.08 Å². The predicted octanol–water partition coefficient (Wildman–Crippen LogP) is 1.62. The Labute approximate surface area is 89.6 Å². The van der Waals surface area contributed by atoms with Crippen LogP contribution in [-0.4, -0.2) is 25.2 Å². The molecule has 4 nitrogen and oxygen atoms in total. The monoisotopic (exact) mass is 212 g/mol. The number of carbonyl (C=O) groups excluding carboxylic acids is 2. The van der Waals surface area contributed by atoms with Crippen molar-refractivity contribution < 1.29 is 19.1 Å². The minimum atomic E-state index is -0.471. The molecule has 0 aliphatic carbocycles. The summed E-state index contributed by atoms with van der Waals surface area (Å²) in [6.45, 7) is 5.76. The Morgan fingerprint density at radius 3 is 2.13 bits per heavy atom. The first-order valence-corrected chi connectivity index (χ1v) is 4.83. The van der Waals surface area contributed by atoms with Gasteiger partial charge in [0.05, 0.1) is 18.8 Å². The average molecular weight is 212 g/mol. The molecule has 0 aromatic carbocycles. The third-order valence-electron chi connectivity index (χ3n) is 1.51. The van der Waals surface area contributed by atoms with Crippen LogP contribution in [0.25, 0.3) is 0 Å². The van der Waals surface area contributed by atoms with Crippen LogP contribution in [0.5, 0.6) is 0 Å². The van der Waals surface area contributed by atoms with Crippen molar-refractivity contribution in [2.75, 3.05) is 13.2 Å². The molecule has 0 saturated carbocycles. The van der Waals surface area contributed by atoms with Crippen LogP contribution in [0.1, 0.15) is 20.8 Å². The second-order valence-corrected chi connectivity index (χ2v) is 2.55. The molecular weight excluding hydrogens is 196 g/mol. The number of allylic oxidation sites excluding steroid dienone is 1. The van der Waals surface area contributed by atoms with Crippen molar-refractivity contribution in [3.63, 3.8) is 0 Å². The summed E-state index contributed by atoms with van der Waals surface area (Å²) in [6.07, 6.45) is 4.17. The zero-order valence-electron chi connectivity index (χ0n) is 9.28. The Bertz CT molecular complexity index is 276. The summed E-state index contributed by atoms with van der Waals surface area (Å²) in [5.41, 5.74) is 0.338. The number of rotatable bonds is 5. The van der Waals surface area contributed by atoms with Gasteiger partial charge in [0.15, 0.2) is 0 Å². The van der Waals surface area contributed by atoms with Crippen molar-refractivity contribution in [2.24, 2.45) is 0 Å². The minimum absolute atomic E-state index is 0.309. The van der Waals surface area contributed by atoms with Gasteiger partial charge in [-0.05, 0) is 26.8 Å². The number of esters is 2. The lowest BCUT2D eigenvalue weighted by Gasteiger charge is -2.01. The summed E-state index contributed by atoms with van der Waals surface area (Å²) in [7, 11) is 0. The molecule has 84 valence electrons. The topological polar surface area (TPSA) is 52.6 Å². The van der Waals surface area contributed by atoms with Crippen LogP contribution >= 0.6 is 0 Å². The van der Waals surface area contributed by atoms with Gasteiger partial charge in [-0.15, -0.1) is 0 Å². The van der Waals surface area contributed by atoms with Crippen LogP contribution in [0.15, 0.2) is 23.8 Å². The highest BCUT2D eigenvalue weighted by Gasteiger charge is 2.06. The van der Waals surface area contributed by atoms with Gasteiger partial charge in [0.25, 0.3) is 0 Å². The van der Waals surface area contributed by atoms with E-state index in [1.807, 2.05) is 0 Å². The summed E-state index contributed by atoms with van der Waals surface area (Å²) in [5, 5.41) is 0. The standard InChI is InChI=1S/C11H16O4/c1-4-9(11(13)15-6-3)7-8-10(12)14-5-2/h4,7-8H,5-6H2,1-3H3/b8-7+,9-4-. The lowest BCUT2D eigenvalue weighted by molar-refractivity contribution is -0.138. The second kappa shape index (κ2) is 7.79. The Morgan fingerprint density at radius 1 is 1.07 bits per heavy atom. The van der Waals surface area contributed by atoms with Gasteiger partial charge in [-0.2, -0.15) is 0 Å². The lowest BCUT2D eigenvalue weighted by Crippen LogP contribution is -2.06. The maximum absolute atomic E-state index is 11.3. The normalized spacial score (nSPS) is 11.5. The SMILES string of the molecule is C/C=C(/C=C/C(=O)OCC)C(=O)OCC. The van der Waals surface area contributed by atoms with E-state index in [1.165, 1.54) is 12.2 Å². The van der Waals surface area contributed by atoms with E-state index in [9.17, 15) is 9.59 Å². The molecule has 0 radical (unpaired) electrons. The van der Waals surface area contributed by atoms with E-state index in [-0.39, 0.29) is 0 Å². The van der Waals surface area contributed by atoms with E-state index in [0.29, 0.717) is 18.8 Å². The summed E-state index contributed by atoms with van der Waals surface area (Å²) in [5.74, 6) is -0.915. The van der Waals surface area contributed by atoms with Crippen molar-refractivity contribution in [2.45, 2.75) is 20.8 Å². The van der Waals surface area contributed by atoms with Crippen molar-refractivity contribution >= 4 is 11.9 Å². The first-order valence-electron chi connectivity index (χ1n) is 4.83. The Morgan fingerprint density at radius 2 is 1.67 bits per heavy atom. The van der Waals surface area contributed by atoms with Gasteiger partial charge in [-0.3, -0.25) is 0 Å². The zero-order valence-corrected chi connectivity index (χ0v) is 9.28. The third-order valence-corrected chi connectivity index (χ3v) is 1.51. The van der Waals surface area contributed by atoms with Gasteiger partial charge in [-0.25, -0.2) is 9.59 Å². The van der Waals surface area contributed by atoms with E-state index in [0.717, 1.165) is 0 Å². The van der Waals surface area contributed by atoms with Crippen molar-refractivity contribution in [1.29, 1.82) is 0 Å². The van der Waals surface area contributed by atoms with Crippen molar-refractivity contribution in [3.8, 4) is 0 Å². The summed E-state index contributed by atoms with van der Waals surface area (Å²) >= 11 is 0. The molecule has 0 aliphatic rings. The lowest BCUT2D eigenvalue weighted by atomic mass is 10.2. The molecule has 0 saturated heterocycles. The average Bonchev–Trinajstić information content (AvgIpc) is 2.19. The fraction of sp³-hybridized carbons (Fsp3) is 0.455. The number of carbonyl (C=O) groups is 2. The van der Waals surface area contributed by atoms with Crippen LogP contribution in [0.4, 0.5) is 0 Å². The predicted molar refractivity (Wildman–Crippen MR) is 56.2 cm³/mol. The molecule has 0 aliphatic heterocycles. The van der Waals surface area contributed by atoms with Crippen LogP contribution in [-0.2, 0) is 19.1 Å². The number of hydrogen-bond donors (Lipinski definition) is 0. The molecule has 0 atom stereocenters. The molecule has 0 fully saturated rings. The fourth-order valence-corrected chi connectivity index (χ4v) is 0.845. The highest BCUT2D eigenvalue weighted by molar-refractivity contribution is 5.93. The van der Waals surface area contributed by atoms with E-state index >= 15 is 0 Å². The molecule has 0 amide bonds. The van der Waals surface area contributed by atoms with E-state index < -0.39 is 11.9 Å². The van der Waals surface area contributed by atoms with Crippen LogP contribution in [0, 0.1) is 0 Å². The molecule has 15 heavy (non-hydrogen) atoms. The van der Waals surface area contributed by atoms with E-state index in [2.05, 4.69) is 4.74 Å². The molecule has 0 N–H and O–H groups in total. The highest BCUT2D eigenvalue weighted by atomic mass is 16.5. The van der Waals surface area contributed by atoms with Gasteiger partial charge >= 0.3 is 11.9 Å². The number of ether oxygens (including phenoxy) is 2. The highest BCUT2D eigenvalue weighted by Crippen LogP contribution is 2.00. The summed E-state index contributed by atoms with van der Waals surface area (Å²) < 4.78 is 9.45. The molecular formula is C11H16O4. The van der Waals surface area contributed by atoms with Gasteiger partial charge in [0.2, 0.25) is 0 Å². The Balaban J connectivity index is 4.34. The smallest absolute Gasteiger partial charge is 0.337 e. The quantitative estimate of drug-likeness (QED) is 0.394. The molecule has 0 aromatic rings. The van der Waals surface area contributed by atoms with Crippen molar-refractivity contribution in [3.05, 3.63) is 23.8 Å². The van der Waals surface area contributed by atoms with Crippen LogP contribution < -0.4 is 0 Å². The first-order chi connectivity index (χ1) is 7.15. The maximum Gasteiger partial charge on any atom is 0.337 e. The third kappa shape index (κ3) is 5.67. The zero-order chi connectivity index (χ0) is 11.7. The summed E-state index contributed by atoms with van der Waals surface area (Å²) in [6, 6.07) is 0. The minimum Gasteiger partial charge on any atom is -0.463 e. The van der Waals surface area contributed by atoms with Gasteiger partial charge in [0, 0.05) is 6.08 Å². The van der Waals surface area contributed by atoms with Gasteiger partial charge < -0.3 is 9.47 Å². The molecule has 0 bridgehead atoms. The Kier molecular flexibility index (Phi) is 6.97. The Hall–Kier alpha value is -1.58. The van der Waals surface area contributed by atoms with Crippen LogP contribution in [0.2, 0.25) is 0 Å². The summed E-state index contributed by atoms with van der Waals surface area (Å²) in [4.78, 5) is 22.2. The fourth-order valence-electron chi connectivity index (χ4n) is 0.845. The first kappa shape index (κ1) is 13.4. The van der Waals surface area contributed by atoms with Crippen LogP contribution in [0.3, 0.4) is 0 Å². The largest absolute Gasteiger partial charge is 0.463 e. The van der Waals surface area contributed by atoms with Crippen molar-refractivity contribution in [1.82, 2.24) is 0 Å². The number of hydrogen-bond acceptors (Lipinski definition) is 4. The molecule has 0 spiro atoms. The molecule has 0 aromatic heterocycles. The molecule has 4 heteroatoms. The second-order valence-electron chi connectivity index (χ2n) is 2.55.